The molecule has 1 aromatic heterocycles. The topological polar surface area (TPSA) is 112 Å². The molecule has 9 nitrogen and oxygen atoms in total. The number of rotatable bonds is 8. The van der Waals surface area contributed by atoms with Crippen molar-refractivity contribution in [2.75, 3.05) is 7.11 Å². The Bertz CT molecular complexity index is 1130. The number of hydrogen-bond acceptors (Lipinski definition) is 6. The van der Waals surface area contributed by atoms with E-state index in [1.807, 2.05) is 30.3 Å². The van der Waals surface area contributed by atoms with E-state index in [0.29, 0.717) is 17.0 Å². The minimum absolute atomic E-state index is 0.00260. The van der Waals surface area contributed by atoms with Crippen LogP contribution < -0.4 is 10.2 Å². The molecule has 0 spiro atoms. The van der Waals surface area contributed by atoms with Crippen LogP contribution in [0.5, 0.6) is 5.75 Å². The number of aromatic nitrogens is 2. The fraction of sp³-hybridized carbons (Fsp3) is 0.190. The van der Waals surface area contributed by atoms with Gasteiger partial charge >= 0.3 is 5.82 Å². The fourth-order valence-corrected chi connectivity index (χ4v) is 3.15. The molecular formula is C21H20ClN5O4. The molecule has 1 amide bonds. The Morgan fingerprint density at radius 3 is 2.71 bits per heavy atom. The molecule has 1 heterocycles. The van der Waals surface area contributed by atoms with Gasteiger partial charge in [-0.2, -0.15) is 9.78 Å². The summed E-state index contributed by atoms with van der Waals surface area (Å²) in [6, 6.07) is 14.7. The van der Waals surface area contributed by atoms with Crippen LogP contribution in [-0.2, 0) is 17.8 Å². The van der Waals surface area contributed by atoms with Gasteiger partial charge in [-0.3, -0.25) is 4.79 Å². The summed E-state index contributed by atoms with van der Waals surface area (Å²) >= 11 is 6.02. The second-order valence-electron chi connectivity index (χ2n) is 6.66. The van der Waals surface area contributed by atoms with E-state index in [4.69, 9.17) is 16.3 Å². The number of nitrogens with one attached hydrogen (secondary N) is 1. The molecule has 0 aliphatic rings. The van der Waals surface area contributed by atoms with Crippen molar-refractivity contribution in [2.45, 2.75) is 19.9 Å². The lowest BCUT2D eigenvalue weighted by atomic mass is 10.1. The molecular weight excluding hydrogens is 422 g/mol. The van der Waals surface area contributed by atoms with E-state index in [0.717, 1.165) is 11.1 Å². The predicted molar refractivity (Wildman–Crippen MR) is 117 cm³/mol. The molecule has 0 atom stereocenters. The lowest BCUT2D eigenvalue weighted by Crippen LogP contribution is -2.19. The Kier molecular flexibility index (Phi) is 6.99. The molecule has 0 bridgehead atoms. The monoisotopic (exact) mass is 441 g/mol. The highest BCUT2D eigenvalue weighted by molar-refractivity contribution is 6.33. The third kappa shape index (κ3) is 5.46. The van der Waals surface area contributed by atoms with Gasteiger partial charge in [-0.1, -0.05) is 41.9 Å². The van der Waals surface area contributed by atoms with Gasteiger partial charge in [-0.25, -0.2) is 5.43 Å². The van der Waals surface area contributed by atoms with Crippen molar-refractivity contribution < 1.29 is 14.5 Å². The predicted octanol–water partition coefficient (Wildman–Crippen LogP) is 3.50. The minimum atomic E-state index is -0.621. The van der Waals surface area contributed by atoms with Gasteiger partial charge in [0.1, 0.15) is 5.75 Å². The Hall–Kier alpha value is -3.72. The first-order valence-electron chi connectivity index (χ1n) is 9.29. The van der Waals surface area contributed by atoms with Gasteiger partial charge in [0, 0.05) is 5.56 Å². The number of ether oxygens (including phenoxy) is 1. The number of halogens is 1. The highest BCUT2D eigenvalue weighted by Crippen LogP contribution is 2.28. The normalized spacial score (nSPS) is 10.9. The standard InChI is InChI=1S/C21H20ClN5O4/c1-14-20(22)21(27(29)30)25-26(14)13-17-10-16(8-9-18(17)31-2)12-23-24-19(28)11-15-6-4-3-5-7-15/h3-10,12H,11,13H2,1-2H3,(H,24,28). The second kappa shape index (κ2) is 9.86. The Morgan fingerprint density at radius 2 is 2.06 bits per heavy atom. The largest absolute Gasteiger partial charge is 0.496 e. The quantitative estimate of drug-likeness (QED) is 0.326. The van der Waals surface area contributed by atoms with Gasteiger partial charge in [-0.15, -0.1) is 0 Å². The number of carbonyl (C=O) groups is 1. The average Bonchev–Trinajstić information content (AvgIpc) is 3.03. The number of carbonyl (C=O) groups excluding carboxylic acids is 1. The van der Waals surface area contributed by atoms with Gasteiger partial charge in [0.25, 0.3) is 0 Å². The van der Waals surface area contributed by atoms with Crippen LogP contribution in [0.4, 0.5) is 5.82 Å². The summed E-state index contributed by atoms with van der Waals surface area (Å²) in [4.78, 5) is 22.5. The minimum Gasteiger partial charge on any atom is -0.496 e. The van der Waals surface area contributed by atoms with Crippen LogP contribution in [0.25, 0.3) is 0 Å². The first kappa shape index (κ1) is 22.0. The zero-order chi connectivity index (χ0) is 22.4. The highest BCUT2D eigenvalue weighted by Gasteiger charge is 2.24. The van der Waals surface area contributed by atoms with Crippen LogP contribution >= 0.6 is 11.6 Å². The van der Waals surface area contributed by atoms with Crippen molar-refractivity contribution in [3.63, 3.8) is 0 Å². The van der Waals surface area contributed by atoms with Crippen LogP contribution in [0, 0.1) is 17.0 Å². The first-order valence-corrected chi connectivity index (χ1v) is 9.67. The third-order valence-corrected chi connectivity index (χ3v) is 4.97. The van der Waals surface area contributed by atoms with Crippen molar-refractivity contribution in [3.05, 3.63) is 86.1 Å². The first-order chi connectivity index (χ1) is 14.9. The zero-order valence-electron chi connectivity index (χ0n) is 16.9. The summed E-state index contributed by atoms with van der Waals surface area (Å²) in [5.74, 6) is -0.0405. The van der Waals surface area contributed by atoms with Crippen LogP contribution in [0.15, 0.2) is 53.6 Å². The Balaban J connectivity index is 1.73. The van der Waals surface area contributed by atoms with E-state index in [1.54, 1.807) is 25.1 Å². The molecule has 0 fully saturated rings. The molecule has 0 aliphatic carbocycles. The van der Waals surface area contributed by atoms with Gasteiger partial charge in [0.15, 0.2) is 5.02 Å². The molecule has 3 aromatic rings. The number of amides is 1. The van der Waals surface area contributed by atoms with Gasteiger partial charge in [-0.05, 0) is 41.2 Å². The van der Waals surface area contributed by atoms with E-state index in [2.05, 4.69) is 15.6 Å². The molecule has 0 radical (unpaired) electrons. The van der Waals surface area contributed by atoms with E-state index in [1.165, 1.54) is 18.0 Å². The van der Waals surface area contributed by atoms with E-state index < -0.39 is 10.7 Å². The molecule has 31 heavy (non-hydrogen) atoms. The number of hydrazone groups is 1. The number of nitrogens with zero attached hydrogens (tertiary/aromatic N) is 4. The summed E-state index contributed by atoms with van der Waals surface area (Å²) in [6.07, 6.45) is 1.74. The summed E-state index contributed by atoms with van der Waals surface area (Å²) in [5, 5.41) is 19.1. The molecule has 160 valence electrons. The van der Waals surface area contributed by atoms with Crippen LogP contribution in [0.3, 0.4) is 0 Å². The van der Waals surface area contributed by atoms with Gasteiger partial charge in [0.2, 0.25) is 5.91 Å². The van der Waals surface area contributed by atoms with E-state index >= 15 is 0 Å². The Labute approximate surface area is 183 Å². The number of hydrogen-bond donors (Lipinski definition) is 1. The van der Waals surface area contributed by atoms with Crippen molar-refractivity contribution >= 4 is 29.5 Å². The van der Waals surface area contributed by atoms with Crippen molar-refractivity contribution in [2.24, 2.45) is 5.10 Å². The van der Waals surface area contributed by atoms with Crippen molar-refractivity contribution in [3.8, 4) is 5.75 Å². The maximum Gasteiger partial charge on any atom is 0.408 e. The average molecular weight is 442 g/mol. The van der Waals surface area contributed by atoms with Gasteiger partial charge < -0.3 is 14.9 Å². The van der Waals surface area contributed by atoms with Gasteiger partial charge in [0.05, 0.1) is 37.1 Å². The molecule has 0 unspecified atom stereocenters. The summed E-state index contributed by atoms with van der Waals surface area (Å²) in [7, 11) is 1.53. The third-order valence-electron chi connectivity index (χ3n) is 4.52. The SMILES string of the molecule is COc1ccc(C=NNC(=O)Cc2ccccc2)cc1Cn1nc([N+](=O)[O-])c(Cl)c1C. The van der Waals surface area contributed by atoms with Crippen LogP contribution in [0.1, 0.15) is 22.4 Å². The molecule has 0 saturated heterocycles. The molecule has 10 heteroatoms. The van der Waals surface area contributed by atoms with E-state index in [-0.39, 0.29) is 23.9 Å². The molecule has 0 saturated carbocycles. The maximum absolute atomic E-state index is 12.0. The summed E-state index contributed by atoms with van der Waals surface area (Å²) < 4.78 is 6.83. The zero-order valence-corrected chi connectivity index (χ0v) is 17.7. The summed E-state index contributed by atoms with van der Waals surface area (Å²) in [5.41, 5.74) is 5.30. The number of methoxy groups -OCH3 is 1. The fourth-order valence-electron chi connectivity index (χ4n) is 2.94. The number of benzene rings is 2. The lowest BCUT2D eigenvalue weighted by molar-refractivity contribution is -0.389. The highest BCUT2D eigenvalue weighted by atomic mass is 35.5. The molecule has 0 aliphatic heterocycles. The van der Waals surface area contributed by atoms with Crippen molar-refractivity contribution in [1.29, 1.82) is 0 Å². The Morgan fingerprint density at radius 1 is 1.32 bits per heavy atom. The smallest absolute Gasteiger partial charge is 0.408 e. The van der Waals surface area contributed by atoms with Crippen LogP contribution in [0.2, 0.25) is 5.02 Å². The second-order valence-corrected chi connectivity index (χ2v) is 7.04. The molecule has 2 aromatic carbocycles. The van der Waals surface area contributed by atoms with Crippen LogP contribution in [-0.4, -0.2) is 33.9 Å². The molecule has 1 N–H and O–H groups in total. The summed E-state index contributed by atoms with van der Waals surface area (Å²) in [6.45, 7) is 1.87. The lowest BCUT2D eigenvalue weighted by Gasteiger charge is -2.09. The molecule has 3 rings (SSSR count). The maximum atomic E-state index is 12.0. The van der Waals surface area contributed by atoms with E-state index in [9.17, 15) is 14.9 Å². The number of nitro groups is 1. The van der Waals surface area contributed by atoms with Crippen molar-refractivity contribution in [1.82, 2.24) is 15.2 Å².